The fourth-order valence-corrected chi connectivity index (χ4v) is 4.14. The number of carbonyl (C=O) groups excluding carboxylic acids is 1. The Morgan fingerprint density at radius 3 is 2.45 bits per heavy atom. The summed E-state index contributed by atoms with van der Waals surface area (Å²) in [6.45, 7) is 9.24. The van der Waals surface area contributed by atoms with Gasteiger partial charge in [0.15, 0.2) is 5.82 Å². The number of nitrogens with zero attached hydrogens (tertiary/aromatic N) is 4. The molecule has 0 saturated heterocycles. The van der Waals surface area contributed by atoms with Crippen molar-refractivity contribution >= 4 is 17.7 Å². The Hall–Kier alpha value is -3.00. The van der Waals surface area contributed by atoms with E-state index in [1.54, 1.807) is 0 Å². The van der Waals surface area contributed by atoms with E-state index in [2.05, 4.69) is 10.2 Å². The Balaban J connectivity index is 1.63. The van der Waals surface area contributed by atoms with Crippen LogP contribution in [0.4, 0.5) is 0 Å². The molecule has 3 rings (SSSR count). The monoisotopic (exact) mass is 439 g/mol. The highest BCUT2D eigenvalue weighted by molar-refractivity contribution is 8.00. The second kappa shape index (κ2) is 10.3. The summed E-state index contributed by atoms with van der Waals surface area (Å²) in [6, 6.07) is 16.0. The number of hydrogen-bond donors (Lipinski definition) is 1. The van der Waals surface area contributed by atoms with Gasteiger partial charge in [-0.2, -0.15) is 0 Å². The molecule has 0 aliphatic heterocycles. The third kappa shape index (κ3) is 5.58. The highest BCUT2D eigenvalue weighted by Gasteiger charge is 2.23. The lowest BCUT2D eigenvalue weighted by atomic mass is 10.1. The molecule has 0 aliphatic carbocycles. The number of nitrogen functional groups attached to an aromatic ring is 1. The number of nitrogens with two attached hydrogens (primary N) is 1. The Labute approximate surface area is 187 Å². The summed E-state index contributed by atoms with van der Waals surface area (Å²) in [5, 5.41) is 8.46. The van der Waals surface area contributed by atoms with Crippen molar-refractivity contribution in [2.45, 2.75) is 51.3 Å². The molecule has 1 atom stereocenters. The van der Waals surface area contributed by atoms with Crippen molar-refractivity contribution < 1.29 is 9.53 Å². The van der Waals surface area contributed by atoms with Crippen LogP contribution in [0.15, 0.2) is 53.7 Å². The largest absolute Gasteiger partial charge is 0.485 e. The third-order valence-electron chi connectivity index (χ3n) is 5.03. The highest BCUT2D eigenvalue weighted by Crippen LogP contribution is 2.25. The van der Waals surface area contributed by atoms with Crippen molar-refractivity contribution in [3.8, 4) is 5.75 Å². The number of hydrogen-bond acceptors (Lipinski definition) is 6. The predicted octanol–water partition coefficient (Wildman–Crippen LogP) is 3.72. The molecule has 0 saturated carbocycles. The average molecular weight is 440 g/mol. The molecular weight excluding hydrogens is 410 g/mol. The maximum absolute atomic E-state index is 13.0. The van der Waals surface area contributed by atoms with E-state index >= 15 is 0 Å². The molecule has 8 heteroatoms. The molecule has 2 aromatic carbocycles. The van der Waals surface area contributed by atoms with Crippen molar-refractivity contribution in [3.63, 3.8) is 0 Å². The number of para-hydroxylation sites is 1. The number of ether oxygens (including phenoxy) is 1. The molecule has 3 aromatic rings. The molecule has 0 fully saturated rings. The maximum Gasteiger partial charge on any atom is 0.236 e. The number of thioether (sulfide) groups is 1. The standard InChI is InChI=1S/C23H29N5O2S/c1-5-27(14-19-12-7-6-8-13-19)22(29)18(4)31-23-26-25-20(28(23)24)15-30-21-16(2)10-9-11-17(21)3/h6-13,18H,5,14-15,24H2,1-4H3. The second-order valence-electron chi connectivity index (χ2n) is 7.38. The van der Waals surface area contributed by atoms with E-state index < -0.39 is 0 Å². The SMILES string of the molecule is CCN(Cc1ccccc1)C(=O)C(C)Sc1nnc(COc2c(C)cccc2C)n1N. The van der Waals surface area contributed by atoms with E-state index in [9.17, 15) is 4.79 Å². The van der Waals surface area contributed by atoms with E-state index in [0.29, 0.717) is 24.1 Å². The lowest BCUT2D eigenvalue weighted by Gasteiger charge is -2.24. The first-order valence-corrected chi connectivity index (χ1v) is 11.2. The molecule has 2 N–H and O–H groups in total. The lowest BCUT2D eigenvalue weighted by molar-refractivity contribution is -0.130. The number of amides is 1. The van der Waals surface area contributed by atoms with E-state index in [4.69, 9.17) is 10.6 Å². The number of aromatic nitrogens is 3. The number of benzene rings is 2. The van der Waals surface area contributed by atoms with Crippen LogP contribution in [-0.2, 0) is 17.9 Å². The van der Waals surface area contributed by atoms with Crippen LogP contribution >= 0.6 is 11.8 Å². The minimum atomic E-state index is -0.345. The molecule has 164 valence electrons. The molecule has 1 unspecified atom stereocenters. The summed E-state index contributed by atoms with van der Waals surface area (Å²) in [6.07, 6.45) is 0. The van der Waals surface area contributed by atoms with Gasteiger partial charge in [0.05, 0.1) is 5.25 Å². The smallest absolute Gasteiger partial charge is 0.236 e. The van der Waals surface area contributed by atoms with Gasteiger partial charge in [-0.05, 0) is 44.4 Å². The highest BCUT2D eigenvalue weighted by atomic mass is 32.2. The van der Waals surface area contributed by atoms with Crippen LogP contribution in [0, 0.1) is 13.8 Å². The molecule has 1 heterocycles. The van der Waals surface area contributed by atoms with Crippen molar-refractivity contribution in [1.29, 1.82) is 0 Å². The van der Waals surface area contributed by atoms with Crippen molar-refractivity contribution in [2.24, 2.45) is 0 Å². The summed E-state index contributed by atoms with van der Waals surface area (Å²) in [4.78, 5) is 14.8. The zero-order valence-electron chi connectivity index (χ0n) is 18.4. The Bertz CT molecular complexity index is 1000. The van der Waals surface area contributed by atoms with Gasteiger partial charge in [-0.25, -0.2) is 4.68 Å². The van der Waals surface area contributed by atoms with Gasteiger partial charge in [0.25, 0.3) is 0 Å². The Morgan fingerprint density at radius 2 is 1.81 bits per heavy atom. The van der Waals surface area contributed by atoms with Gasteiger partial charge in [0.2, 0.25) is 11.1 Å². The zero-order chi connectivity index (χ0) is 22.4. The second-order valence-corrected chi connectivity index (χ2v) is 8.68. The quantitative estimate of drug-likeness (QED) is 0.404. The molecule has 1 amide bonds. The minimum absolute atomic E-state index is 0.0349. The summed E-state index contributed by atoms with van der Waals surface area (Å²) < 4.78 is 7.33. The average Bonchev–Trinajstić information content (AvgIpc) is 3.11. The molecular formula is C23H29N5O2S. The minimum Gasteiger partial charge on any atom is -0.485 e. The van der Waals surface area contributed by atoms with Crippen LogP contribution < -0.4 is 10.6 Å². The number of rotatable bonds is 9. The molecule has 0 aliphatic rings. The van der Waals surface area contributed by atoms with E-state index in [1.807, 2.05) is 81.1 Å². The number of aryl methyl sites for hydroxylation is 2. The molecule has 0 radical (unpaired) electrons. The molecule has 0 spiro atoms. The topological polar surface area (TPSA) is 86.3 Å². The molecule has 7 nitrogen and oxygen atoms in total. The first-order valence-electron chi connectivity index (χ1n) is 10.3. The van der Waals surface area contributed by atoms with Crippen LogP contribution in [0.2, 0.25) is 0 Å². The first-order chi connectivity index (χ1) is 14.9. The number of carbonyl (C=O) groups is 1. The fraction of sp³-hybridized carbons (Fsp3) is 0.348. The van der Waals surface area contributed by atoms with Crippen molar-refractivity contribution in [2.75, 3.05) is 12.4 Å². The third-order valence-corrected chi connectivity index (χ3v) is 6.07. The maximum atomic E-state index is 13.0. The summed E-state index contributed by atoms with van der Waals surface area (Å²) in [5.41, 5.74) is 3.20. The van der Waals surface area contributed by atoms with Crippen LogP contribution in [0.1, 0.15) is 36.4 Å². The predicted molar refractivity (Wildman–Crippen MR) is 123 cm³/mol. The van der Waals surface area contributed by atoms with Gasteiger partial charge in [-0.1, -0.05) is 60.3 Å². The normalized spacial score (nSPS) is 11.9. The van der Waals surface area contributed by atoms with Gasteiger partial charge < -0.3 is 15.5 Å². The van der Waals surface area contributed by atoms with Gasteiger partial charge >= 0.3 is 0 Å². The molecule has 0 bridgehead atoms. The van der Waals surface area contributed by atoms with Crippen molar-refractivity contribution in [1.82, 2.24) is 19.8 Å². The van der Waals surface area contributed by atoms with Gasteiger partial charge in [0, 0.05) is 13.1 Å². The van der Waals surface area contributed by atoms with Gasteiger partial charge in [-0.3, -0.25) is 4.79 Å². The zero-order valence-corrected chi connectivity index (χ0v) is 19.2. The van der Waals surface area contributed by atoms with Gasteiger partial charge in [-0.15, -0.1) is 10.2 Å². The Kier molecular flexibility index (Phi) is 7.57. The summed E-state index contributed by atoms with van der Waals surface area (Å²) in [7, 11) is 0. The van der Waals surface area contributed by atoms with Crippen molar-refractivity contribution in [3.05, 3.63) is 71.0 Å². The van der Waals surface area contributed by atoms with Crippen LogP contribution in [-0.4, -0.2) is 37.5 Å². The first kappa shape index (κ1) is 22.7. The van der Waals surface area contributed by atoms with Crippen LogP contribution in [0.3, 0.4) is 0 Å². The van der Waals surface area contributed by atoms with Crippen LogP contribution in [0.5, 0.6) is 5.75 Å². The van der Waals surface area contributed by atoms with E-state index in [-0.39, 0.29) is 17.8 Å². The molecule has 1 aromatic heterocycles. The Morgan fingerprint density at radius 1 is 1.13 bits per heavy atom. The van der Waals surface area contributed by atoms with E-state index in [0.717, 1.165) is 22.4 Å². The van der Waals surface area contributed by atoms with E-state index in [1.165, 1.54) is 16.4 Å². The van der Waals surface area contributed by atoms with Crippen LogP contribution in [0.25, 0.3) is 0 Å². The summed E-state index contributed by atoms with van der Waals surface area (Å²) in [5.74, 6) is 7.55. The fourth-order valence-electron chi connectivity index (χ4n) is 3.26. The van der Waals surface area contributed by atoms with Gasteiger partial charge in [0.1, 0.15) is 12.4 Å². The lowest BCUT2D eigenvalue weighted by Crippen LogP contribution is -2.36. The summed E-state index contributed by atoms with van der Waals surface area (Å²) >= 11 is 1.30. The molecule has 31 heavy (non-hydrogen) atoms.